The molecule has 1 unspecified atom stereocenters. The normalized spacial score (nSPS) is 12.4. The van der Waals surface area contributed by atoms with Crippen LogP contribution in [0.25, 0.3) is 0 Å². The lowest BCUT2D eigenvalue weighted by atomic mass is 9.94. The SMILES string of the molecule is CNC(Cc1ccncc1Cl)c1ccc(C)cc1C. The molecule has 0 aliphatic rings. The predicted molar refractivity (Wildman–Crippen MR) is 80.7 cm³/mol. The van der Waals surface area contributed by atoms with Crippen LogP contribution in [-0.4, -0.2) is 12.0 Å². The number of hydrogen-bond donors (Lipinski definition) is 1. The third-order valence-electron chi connectivity index (χ3n) is 3.43. The molecule has 0 fully saturated rings. The van der Waals surface area contributed by atoms with Crippen molar-refractivity contribution in [1.82, 2.24) is 10.3 Å². The Kier molecular flexibility index (Phi) is 4.56. The highest BCUT2D eigenvalue weighted by Gasteiger charge is 2.14. The Morgan fingerprint density at radius 2 is 2.05 bits per heavy atom. The highest BCUT2D eigenvalue weighted by Crippen LogP contribution is 2.25. The van der Waals surface area contributed by atoms with E-state index in [2.05, 4.69) is 42.3 Å². The van der Waals surface area contributed by atoms with Crippen LogP contribution in [0.2, 0.25) is 5.02 Å². The Bertz CT molecular complexity index is 566. The van der Waals surface area contributed by atoms with Gasteiger partial charge in [0.25, 0.3) is 0 Å². The van der Waals surface area contributed by atoms with Crippen molar-refractivity contribution in [2.24, 2.45) is 0 Å². The standard InChI is InChI=1S/C16H19ClN2/c1-11-4-5-14(12(2)8-11)16(18-3)9-13-6-7-19-10-15(13)17/h4-8,10,16,18H,9H2,1-3H3. The largest absolute Gasteiger partial charge is 0.313 e. The Labute approximate surface area is 119 Å². The maximum atomic E-state index is 6.19. The lowest BCUT2D eigenvalue weighted by molar-refractivity contribution is 0.588. The van der Waals surface area contributed by atoms with Crippen molar-refractivity contribution in [3.8, 4) is 0 Å². The van der Waals surface area contributed by atoms with Crippen molar-refractivity contribution < 1.29 is 0 Å². The summed E-state index contributed by atoms with van der Waals surface area (Å²) in [5, 5.41) is 4.10. The fraction of sp³-hybridized carbons (Fsp3) is 0.312. The number of hydrogen-bond acceptors (Lipinski definition) is 2. The molecular weight excluding hydrogens is 256 g/mol. The summed E-state index contributed by atoms with van der Waals surface area (Å²) in [5.74, 6) is 0. The maximum Gasteiger partial charge on any atom is 0.0622 e. The van der Waals surface area contributed by atoms with Gasteiger partial charge in [0.05, 0.1) is 5.02 Å². The first-order valence-corrected chi connectivity index (χ1v) is 6.82. The Morgan fingerprint density at radius 1 is 1.26 bits per heavy atom. The number of benzene rings is 1. The van der Waals surface area contributed by atoms with Crippen LogP contribution >= 0.6 is 11.6 Å². The number of aromatic nitrogens is 1. The quantitative estimate of drug-likeness (QED) is 0.916. The molecule has 0 amide bonds. The van der Waals surface area contributed by atoms with Crippen LogP contribution in [0.5, 0.6) is 0 Å². The zero-order valence-corrected chi connectivity index (χ0v) is 12.3. The van der Waals surface area contributed by atoms with E-state index < -0.39 is 0 Å². The first-order chi connectivity index (χ1) is 9.11. The number of pyridine rings is 1. The minimum Gasteiger partial charge on any atom is -0.313 e. The zero-order valence-electron chi connectivity index (χ0n) is 11.6. The molecule has 1 atom stereocenters. The average Bonchev–Trinajstić information content (AvgIpc) is 2.39. The van der Waals surface area contributed by atoms with E-state index >= 15 is 0 Å². The molecule has 0 bridgehead atoms. The Morgan fingerprint density at radius 3 is 2.68 bits per heavy atom. The van der Waals surface area contributed by atoms with Gasteiger partial charge in [-0.3, -0.25) is 4.98 Å². The molecular formula is C16H19ClN2. The molecule has 0 radical (unpaired) electrons. The van der Waals surface area contributed by atoms with Gasteiger partial charge in [0.2, 0.25) is 0 Å². The van der Waals surface area contributed by atoms with Gasteiger partial charge in [-0.1, -0.05) is 35.4 Å². The first-order valence-electron chi connectivity index (χ1n) is 6.44. The van der Waals surface area contributed by atoms with Gasteiger partial charge in [0, 0.05) is 18.4 Å². The van der Waals surface area contributed by atoms with E-state index in [9.17, 15) is 0 Å². The third kappa shape index (κ3) is 3.34. The minimum atomic E-state index is 0.264. The highest BCUT2D eigenvalue weighted by atomic mass is 35.5. The van der Waals surface area contributed by atoms with E-state index in [4.69, 9.17) is 11.6 Å². The van der Waals surface area contributed by atoms with E-state index in [0.29, 0.717) is 0 Å². The van der Waals surface area contributed by atoms with Crippen LogP contribution < -0.4 is 5.32 Å². The van der Waals surface area contributed by atoms with E-state index in [1.807, 2.05) is 13.1 Å². The van der Waals surface area contributed by atoms with E-state index in [1.54, 1.807) is 12.4 Å². The van der Waals surface area contributed by atoms with Gasteiger partial charge in [-0.2, -0.15) is 0 Å². The second-order valence-corrected chi connectivity index (χ2v) is 5.28. The molecule has 1 N–H and O–H groups in total. The lowest BCUT2D eigenvalue weighted by Gasteiger charge is -2.20. The highest BCUT2D eigenvalue weighted by molar-refractivity contribution is 6.31. The van der Waals surface area contributed by atoms with E-state index in [-0.39, 0.29) is 6.04 Å². The summed E-state index contributed by atoms with van der Waals surface area (Å²) in [4.78, 5) is 4.03. The summed E-state index contributed by atoms with van der Waals surface area (Å²) in [6.07, 6.45) is 4.35. The van der Waals surface area contributed by atoms with Gasteiger partial charge < -0.3 is 5.32 Å². The summed E-state index contributed by atoms with van der Waals surface area (Å²) >= 11 is 6.19. The smallest absolute Gasteiger partial charge is 0.0622 e. The van der Waals surface area contributed by atoms with E-state index in [0.717, 1.165) is 17.0 Å². The van der Waals surface area contributed by atoms with Crippen molar-refractivity contribution in [2.75, 3.05) is 7.05 Å². The monoisotopic (exact) mass is 274 g/mol. The van der Waals surface area contributed by atoms with Crippen molar-refractivity contribution in [3.63, 3.8) is 0 Å². The Balaban J connectivity index is 2.28. The summed E-state index contributed by atoms with van der Waals surface area (Å²) in [6, 6.07) is 8.81. The van der Waals surface area contributed by atoms with Crippen molar-refractivity contribution in [2.45, 2.75) is 26.3 Å². The third-order valence-corrected chi connectivity index (χ3v) is 3.77. The van der Waals surface area contributed by atoms with Crippen molar-refractivity contribution in [1.29, 1.82) is 0 Å². The molecule has 2 nitrogen and oxygen atoms in total. The topological polar surface area (TPSA) is 24.9 Å². The molecule has 100 valence electrons. The second kappa shape index (κ2) is 6.18. The van der Waals surface area contributed by atoms with Gasteiger partial charge >= 0.3 is 0 Å². The van der Waals surface area contributed by atoms with Gasteiger partial charge in [-0.05, 0) is 50.1 Å². The summed E-state index contributed by atoms with van der Waals surface area (Å²) in [6.45, 7) is 4.27. The van der Waals surface area contributed by atoms with Gasteiger partial charge in [-0.15, -0.1) is 0 Å². The number of aryl methyl sites for hydroxylation is 2. The molecule has 0 aliphatic heterocycles. The fourth-order valence-electron chi connectivity index (χ4n) is 2.37. The number of nitrogens with one attached hydrogen (secondary N) is 1. The molecule has 1 aromatic heterocycles. The van der Waals surface area contributed by atoms with Crippen molar-refractivity contribution >= 4 is 11.6 Å². The van der Waals surface area contributed by atoms with Gasteiger partial charge in [0.15, 0.2) is 0 Å². The van der Waals surface area contributed by atoms with Gasteiger partial charge in [-0.25, -0.2) is 0 Å². The van der Waals surface area contributed by atoms with Crippen LogP contribution in [0.1, 0.15) is 28.3 Å². The zero-order chi connectivity index (χ0) is 13.8. The van der Waals surface area contributed by atoms with Crippen molar-refractivity contribution in [3.05, 3.63) is 63.9 Å². The molecule has 1 aromatic carbocycles. The van der Waals surface area contributed by atoms with Crippen LogP contribution in [-0.2, 0) is 6.42 Å². The summed E-state index contributed by atoms with van der Waals surface area (Å²) in [5.41, 5.74) is 5.04. The molecule has 1 heterocycles. The van der Waals surface area contributed by atoms with Crippen LogP contribution in [0.3, 0.4) is 0 Å². The number of nitrogens with zero attached hydrogens (tertiary/aromatic N) is 1. The van der Waals surface area contributed by atoms with Crippen LogP contribution in [0.4, 0.5) is 0 Å². The fourth-order valence-corrected chi connectivity index (χ4v) is 2.57. The summed E-state index contributed by atoms with van der Waals surface area (Å²) < 4.78 is 0. The number of rotatable bonds is 4. The molecule has 0 saturated carbocycles. The molecule has 3 heteroatoms. The predicted octanol–water partition coefficient (Wildman–Crippen LogP) is 3.86. The second-order valence-electron chi connectivity index (χ2n) is 4.87. The first kappa shape index (κ1) is 14.0. The number of halogens is 1. The molecule has 0 spiro atoms. The maximum absolute atomic E-state index is 6.19. The minimum absolute atomic E-state index is 0.264. The number of likely N-dealkylation sites (N-methyl/N-ethyl adjacent to an activating group) is 1. The van der Waals surface area contributed by atoms with Crippen LogP contribution in [0, 0.1) is 13.8 Å². The molecule has 0 aliphatic carbocycles. The molecule has 2 rings (SSSR count). The summed E-state index contributed by atoms with van der Waals surface area (Å²) in [7, 11) is 1.99. The average molecular weight is 275 g/mol. The lowest BCUT2D eigenvalue weighted by Crippen LogP contribution is -2.20. The molecule has 2 aromatic rings. The Hall–Kier alpha value is -1.38. The van der Waals surface area contributed by atoms with Gasteiger partial charge in [0.1, 0.15) is 0 Å². The van der Waals surface area contributed by atoms with E-state index in [1.165, 1.54) is 16.7 Å². The van der Waals surface area contributed by atoms with Crippen LogP contribution in [0.15, 0.2) is 36.7 Å². The molecule has 0 saturated heterocycles. The molecule has 19 heavy (non-hydrogen) atoms.